The fourth-order valence-electron chi connectivity index (χ4n) is 1.31. The minimum absolute atomic E-state index is 0.152. The van der Waals surface area contributed by atoms with Gasteiger partial charge < -0.3 is 10.1 Å². The minimum Gasteiger partial charge on any atom is -0.371 e. The molecule has 0 amide bonds. The lowest BCUT2D eigenvalue weighted by atomic mass is 10.1. The van der Waals surface area contributed by atoms with E-state index >= 15 is 0 Å². The molecular weight excluding hydrogens is 188 g/mol. The first-order valence-corrected chi connectivity index (χ1v) is 5.24. The summed E-state index contributed by atoms with van der Waals surface area (Å²) < 4.78 is 28.8. The van der Waals surface area contributed by atoms with Gasteiger partial charge in [0.2, 0.25) is 0 Å². The smallest absolute Gasteiger partial charge is 0.261 e. The van der Waals surface area contributed by atoms with Gasteiger partial charge in [-0.3, -0.25) is 0 Å². The molecule has 0 aliphatic rings. The van der Waals surface area contributed by atoms with Crippen molar-refractivity contribution in [2.24, 2.45) is 0 Å². The summed E-state index contributed by atoms with van der Waals surface area (Å²) in [7, 11) is 0. The summed E-state index contributed by atoms with van der Waals surface area (Å²) in [5, 5.41) is 3.27. The van der Waals surface area contributed by atoms with Crippen molar-refractivity contribution in [1.82, 2.24) is 5.32 Å². The van der Waals surface area contributed by atoms with E-state index in [2.05, 4.69) is 12.2 Å². The van der Waals surface area contributed by atoms with E-state index in [9.17, 15) is 8.78 Å². The SMILES string of the molecule is CCCNC(CC)C(C)OCC(F)F. The predicted molar refractivity (Wildman–Crippen MR) is 53.8 cm³/mol. The molecule has 2 nitrogen and oxygen atoms in total. The van der Waals surface area contributed by atoms with Crippen molar-refractivity contribution in [1.29, 1.82) is 0 Å². The lowest BCUT2D eigenvalue weighted by Crippen LogP contribution is -2.40. The summed E-state index contributed by atoms with van der Waals surface area (Å²) in [6.07, 6.45) is -0.593. The van der Waals surface area contributed by atoms with Crippen LogP contribution in [-0.4, -0.2) is 31.7 Å². The summed E-state index contributed by atoms with van der Waals surface area (Å²) in [6.45, 7) is 6.37. The molecule has 2 atom stereocenters. The number of hydrogen-bond acceptors (Lipinski definition) is 2. The van der Waals surface area contributed by atoms with Crippen molar-refractivity contribution in [3.63, 3.8) is 0 Å². The molecular formula is C10H21F2NO. The highest BCUT2D eigenvalue weighted by Crippen LogP contribution is 2.05. The summed E-state index contributed by atoms with van der Waals surface area (Å²) in [5.74, 6) is 0. The Bertz CT molecular complexity index is 133. The van der Waals surface area contributed by atoms with E-state index in [0.717, 1.165) is 19.4 Å². The number of alkyl halides is 2. The molecule has 0 bridgehead atoms. The summed E-state index contributed by atoms with van der Waals surface area (Å²) in [6, 6.07) is 0.175. The average Bonchev–Trinajstić information content (AvgIpc) is 2.16. The van der Waals surface area contributed by atoms with E-state index in [0.29, 0.717) is 0 Å². The van der Waals surface area contributed by atoms with Crippen LogP contribution in [0.4, 0.5) is 8.78 Å². The maximum Gasteiger partial charge on any atom is 0.261 e. The standard InChI is InChI=1S/C10H21F2NO/c1-4-6-13-9(5-2)8(3)14-7-10(11)12/h8-10,13H,4-7H2,1-3H3. The van der Waals surface area contributed by atoms with Crippen LogP contribution in [0.25, 0.3) is 0 Å². The van der Waals surface area contributed by atoms with Gasteiger partial charge in [0.1, 0.15) is 6.61 Å². The minimum atomic E-state index is -2.37. The fraction of sp³-hybridized carbons (Fsp3) is 1.00. The maximum absolute atomic E-state index is 11.9. The van der Waals surface area contributed by atoms with Crippen LogP contribution < -0.4 is 5.32 Å². The van der Waals surface area contributed by atoms with E-state index in [1.165, 1.54) is 0 Å². The summed E-state index contributed by atoms with van der Waals surface area (Å²) in [4.78, 5) is 0. The third-order valence-corrected chi connectivity index (χ3v) is 2.15. The number of rotatable bonds is 8. The monoisotopic (exact) mass is 209 g/mol. The molecule has 4 heteroatoms. The normalized spacial score (nSPS) is 15.9. The van der Waals surface area contributed by atoms with Crippen LogP contribution in [0.5, 0.6) is 0 Å². The Morgan fingerprint density at radius 2 is 1.93 bits per heavy atom. The van der Waals surface area contributed by atoms with Crippen LogP contribution in [0.15, 0.2) is 0 Å². The van der Waals surface area contributed by atoms with Crippen molar-refractivity contribution in [3.8, 4) is 0 Å². The Balaban J connectivity index is 3.72. The van der Waals surface area contributed by atoms with Crippen molar-refractivity contribution in [3.05, 3.63) is 0 Å². The Morgan fingerprint density at radius 3 is 2.36 bits per heavy atom. The second-order valence-corrected chi connectivity index (χ2v) is 3.40. The molecule has 0 aliphatic heterocycles. The summed E-state index contributed by atoms with van der Waals surface area (Å²) >= 11 is 0. The molecule has 0 aromatic heterocycles. The van der Waals surface area contributed by atoms with Crippen LogP contribution in [0.2, 0.25) is 0 Å². The molecule has 0 aromatic rings. The van der Waals surface area contributed by atoms with E-state index in [1.54, 1.807) is 0 Å². The first kappa shape index (κ1) is 13.8. The first-order valence-electron chi connectivity index (χ1n) is 5.24. The average molecular weight is 209 g/mol. The Kier molecular flexibility index (Phi) is 7.99. The van der Waals surface area contributed by atoms with E-state index in [-0.39, 0.29) is 12.1 Å². The van der Waals surface area contributed by atoms with Crippen LogP contribution in [-0.2, 0) is 4.74 Å². The van der Waals surface area contributed by atoms with E-state index in [4.69, 9.17) is 4.74 Å². The Hall–Kier alpha value is -0.220. The van der Waals surface area contributed by atoms with Crippen molar-refractivity contribution < 1.29 is 13.5 Å². The molecule has 0 heterocycles. The van der Waals surface area contributed by atoms with Gasteiger partial charge in [-0.25, -0.2) is 8.78 Å². The van der Waals surface area contributed by atoms with Crippen molar-refractivity contribution in [2.75, 3.05) is 13.2 Å². The van der Waals surface area contributed by atoms with Gasteiger partial charge in [-0.15, -0.1) is 0 Å². The number of halogens is 2. The van der Waals surface area contributed by atoms with E-state index < -0.39 is 13.0 Å². The predicted octanol–water partition coefficient (Wildman–Crippen LogP) is 2.43. The Morgan fingerprint density at radius 1 is 1.29 bits per heavy atom. The van der Waals surface area contributed by atoms with Gasteiger partial charge >= 0.3 is 0 Å². The van der Waals surface area contributed by atoms with E-state index in [1.807, 2.05) is 13.8 Å². The van der Waals surface area contributed by atoms with Crippen LogP contribution in [0.1, 0.15) is 33.6 Å². The molecule has 86 valence electrons. The molecule has 0 saturated heterocycles. The second kappa shape index (κ2) is 8.12. The van der Waals surface area contributed by atoms with Gasteiger partial charge in [-0.2, -0.15) is 0 Å². The van der Waals surface area contributed by atoms with Crippen molar-refractivity contribution >= 4 is 0 Å². The zero-order chi connectivity index (χ0) is 11.0. The molecule has 0 saturated carbocycles. The highest BCUT2D eigenvalue weighted by atomic mass is 19.3. The van der Waals surface area contributed by atoms with Gasteiger partial charge in [0.05, 0.1) is 6.10 Å². The third-order valence-electron chi connectivity index (χ3n) is 2.15. The largest absolute Gasteiger partial charge is 0.371 e. The lowest BCUT2D eigenvalue weighted by Gasteiger charge is -2.24. The molecule has 0 fully saturated rings. The third kappa shape index (κ3) is 6.27. The topological polar surface area (TPSA) is 21.3 Å². The molecule has 2 unspecified atom stereocenters. The highest BCUT2D eigenvalue weighted by Gasteiger charge is 2.16. The number of nitrogens with one attached hydrogen (secondary N) is 1. The molecule has 0 aromatic carbocycles. The molecule has 0 aliphatic carbocycles. The van der Waals surface area contributed by atoms with Crippen LogP contribution >= 0.6 is 0 Å². The van der Waals surface area contributed by atoms with Crippen molar-refractivity contribution in [2.45, 2.75) is 52.2 Å². The molecule has 0 spiro atoms. The second-order valence-electron chi connectivity index (χ2n) is 3.40. The Labute approximate surface area is 85.0 Å². The lowest BCUT2D eigenvalue weighted by molar-refractivity contribution is -0.0307. The van der Waals surface area contributed by atoms with Gasteiger partial charge in [-0.1, -0.05) is 13.8 Å². The fourth-order valence-corrected chi connectivity index (χ4v) is 1.31. The van der Waals surface area contributed by atoms with Gasteiger partial charge in [0.25, 0.3) is 6.43 Å². The number of ether oxygens (including phenoxy) is 1. The van der Waals surface area contributed by atoms with Crippen LogP contribution in [0, 0.1) is 0 Å². The molecule has 0 rings (SSSR count). The molecule has 0 radical (unpaired) electrons. The zero-order valence-corrected chi connectivity index (χ0v) is 9.22. The van der Waals surface area contributed by atoms with Gasteiger partial charge in [0, 0.05) is 6.04 Å². The maximum atomic E-state index is 11.9. The van der Waals surface area contributed by atoms with Gasteiger partial charge in [0.15, 0.2) is 0 Å². The first-order chi connectivity index (χ1) is 6.61. The number of hydrogen-bond donors (Lipinski definition) is 1. The zero-order valence-electron chi connectivity index (χ0n) is 9.22. The highest BCUT2D eigenvalue weighted by molar-refractivity contribution is 4.71. The summed E-state index contributed by atoms with van der Waals surface area (Å²) in [5.41, 5.74) is 0. The molecule has 14 heavy (non-hydrogen) atoms. The van der Waals surface area contributed by atoms with Crippen LogP contribution in [0.3, 0.4) is 0 Å². The molecule has 1 N–H and O–H groups in total. The quantitative estimate of drug-likeness (QED) is 0.663. The van der Waals surface area contributed by atoms with Gasteiger partial charge in [-0.05, 0) is 26.3 Å².